The lowest BCUT2D eigenvalue weighted by Crippen LogP contribution is -2.42. The van der Waals surface area contributed by atoms with E-state index in [1.807, 2.05) is 54.5 Å². The minimum Gasteiger partial charge on any atom is -0.465 e. The van der Waals surface area contributed by atoms with Gasteiger partial charge in [-0.05, 0) is 115 Å². The third-order valence-corrected chi connectivity index (χ3v) is 8.95. The number of nitrogens with one attached hydrogen (secondary N) is 2. The lowest BCUT2D eigenvalue weighted by Gasteiger charge is -2.36. The van der Waals surface area contributed by atoms with Crippen molar-refractivity contribution in [2.75, 3.05) is 25.4 Å². The van der Waals surface area contributed by atoms with Crippen LogP contribution < -0.4 is 11.3 Å². The lowest BCUT2D eigenvalue weighted by molar-refractivity contribution is -0.150. The number of aromatic nitrogens is 5. The normalized spacial score (nSPS) is 18.1. The number of carbonyl (C=O) groups is 4. The Morgan fingerprint density at radius 2 is 1.41 bits per heavy atom. The molecule has 1 unspecified atom stereocenters. The number of H-pyrrole nitrogens is 2. The number of amides is 2. The van der Waals surface area contributed by atoms with E-state index in [0.29, 0.717) is 36.7 Å². The van der Waals surface area contributed by atoms with Gasteiger partial charge in [0.25, 0.3) is 5.56 Å². The summed E-state index contributed by atoms with van der Waals surface area (Å²) in [5.74, 6) is -0.752. The van der Waals surface area contributed by atoms with Crippen LogP contribution in [0.1, 0.15) is 136 Å². The standard InChI is InChI=1S/C18H26N4O3.C13H22N4O2.C7H12O3/c1-11-12(2)19-15-10-13(20-22(15)16(11)23)14-8-6-7-9-21(14)17(24)25-18(3,4)5;1-13(2,3)19-12(18)17-7-5-4-6-10(17)9-8-11(14)16-15-9;1-4-10-7(9)5(2)6(3)8/h10,14,20H,6-9H2,1-5H3;8,10H,4-7H2,1-3H3,(H3,14,15,16);5H,4H2,1-3H3/t14-;10-;/m11./s1. The van der Waals surface area contributed by atoms with Gasteiger partial charge < -0.3 is 19.9 Å². The molecule has 3 aromatic rings. The van der Waals surface area contributed by atoms with Crippen LogP contribution in [0.4, 0.5) is 15.4 Å². The van der Waals surface area contributed by atoms with Gasteiger partial charge in [0.2, 0.25) is 0 Å². The van der Waals surface area contributed by atoms with Gasteiger partial charge in [-0.2, -0.15) is 5.10 Å². The van der Waals surface area contributed by atoms with Gasteiger partial charge in [-0.3, -0.25) is 34.4 Å². The number of carbonyl (C=O) groups excluding carboxylic acids is 4. The maximum absolute atomic E-state index is 12.6. The number of anilines is 1. The Morgan fingerprint density at radius 3 is 1.85 bits per heavy atom. The molecule has 0 aliphatic carbocycles. The maximum Gasteiger partial charge on any atom is 0.410 e. The van der Waals surface area contributed by atoms with E-state index >= 15 is 0 Å². The summed E-state index contributed by atoms with van der Waals surface area (Å²) in [6, 6.07) is 3.49. The number of hydrogen-bond acceptors (Lipinski definition) is 11. The minimum absolute atomic E-state index is 0.0200. The molecule has 5 heterocycles. The van der Waals surface area contributed by atoms with Crippen LogP contribution >= 0.6 is 0 Å². The summed E-state index contributed by atoms with van der Waals surface area (Å²) >= 11 is 0. The summed E-state index contributed by atoms with van der Waals surface area (Å²) in [4.78, 5) is 66.6. The van der Waals surface area contributed by atoms with Crippen molar-refractivity contribution in [1.29, 1.82) is 0 Å². The van der Waals surface area contributed by atoms with Gasteiger partial charge in [-0.1, -0.05) is 0 Å². The Bertz CT molecular complexity index is 1820. The number of hydrogen-bond donors (Lipinski definition) is 3. The fraction of sp³-hybridized carbons (Fsp3) is 0.658. The number of nitrogen functional groups attached to an aromatic ring is 1. The van der Waals surface area contributed by atoms with Crippen molar-refractivity contribution in [3.05, 3.63) is 45.1 Å². The molecule has 2 aliphatic heterocycles. The monoisotopic (exact) mass is 756 g/mol. The minimum atomic E-state index is -0.611. The van der Waals surface area contributed by atoms with Crippen molar-refractivity contribution in [3.8, 4) is 0 Å². The Hall–Kier alpha value is -4.89. The molecule has 16 heteroatoms. The quantitative estimate of drug-likeness (QED) is 0.149. The highest BCUT2D eigenvalue weighted by Crippen LogP contribution is 2.33. The molecule has 54 heavy (non-hydrogen) atoms. The molecule has 3 atom stereocenters. The highest BCUT2D eigenvalue weighted by atomic mass is 16.6. The number of aryl methyl sites for hydroxylation is 1. The Balaban J connectivity index is 0.000000239. The van der Waals surface area contributed by atoms with Gasteiger partial charge in [-0.15, -0.1) is 0 Å². The molecule has 16 nitrogen and oxygen atoms in total. The maximum atomic E-state index is 12.6. The van der Waals surface area contributed by atoms with Crippen molar-refractivity contribution in [2.45, 2.75) is 138 Å². The van der Waals surface area contributed by atoms with Gasteiger partial charge in [0, 0.05) is 36.5 Å². The van der Waals surface area contributed by atoms with Gasteiger partial charge in [0.15, 0.2) is 5.65 Å². The second-order valence-electron chi connectivity index (χ2n) is 15.7. The molecular formula is C38H60N8O8. The molecule has 2 fully saturated rings. The fourth-order valence-corrected chi connectivity index (χ4v) is 5.95. The fourth-order valence-electron chi connectivity index (χ4n) is 5.95. The molecule has 4 N–H and O–H groups in total. The third kappa shape index (κ3) is 12.1. The first-order chi connectivity index (χ1) is 25.1. The molecule has 2 aliphatic rings. The van der Waals surface area contributed by atoms with E-state index in [1.54, 1.807) is 36.6 Å². The van der Waals surface area contributed by atoms with Crippen LogP contribution in [0.2, 0.25) is 0 Å². The average molecular weight is 757 g/mol. The zero-order valence-electron chi connectivity index (χ0n) is 33.8. The number of likely N-dealkylation sites (tertiary alicyclic amines) is 2. The molecule has 0 radical (unpaired) electrons. The zero-order valence-corrected chi connectivity index (χ0v) is 33.8. The van der Waals surface area contributed by atoms with Crippen LogP contribution in [0.3, 0.4) is 0 Å². The van der Waals surface area contributed by atoms with E-state index in [2.05, 4.69) is 25.0 Å². The van der Waals surface area contributed by atoms with Gasteiger partial charge >= 0.3 is 18.2 Å². The Morgan fingerprint density at radius 1 is 0.889 bits per heavy atom. The summed E-state index contributed by atoms with van der Waals surface area (Å²) in [7, 11) is 0. The smallest absolute Gasteiger partial charge is 0.410 e. The second kappa shape index (κ2) is 18.4. The summed E-state index contributed by atoms with van der Waals surface area (Å²) in [6.07, 6.45) is 5.21. The van der Waals surface area contributed by atoms with Crippen molar-refractivity contribution in [3.63, 3.8) is 0 Å². The van der Waals surface area contributed by atoms with Gasteiger partial charge in [0.05, 0.1) is 30.1 Å². The molecular weight excluding hydrogens is 696 g/mol. The molecule has 300 valence electrons. The number of esters is 1. The molecule has 5 rings (SSSR count). The first-order valence-corrected chi connectivity index (χ1v) is 18.7. The van der Waals surface area contributed by atoms with Crippen molar-refractivity contribution >= 4 is 35.4 Å². The topological polar surface area (TPSA) is 207 Å². The van der Waals surface area contributed by atoms with E-state index in [4.69, 9.17) is 15.2 Å². The van der Waals surface area contributed by atoms with Crippen LogP contribution in [-0.4, -0.2) is 89.4 Å². The number of fused-ring (bicyclic) bond motifs is 1. The van der Waals surface area contributed by atoms with E-state index in [-0.39, 0.29) is 35.6 Å². The van der Waals surface area contributed by atoms with Gasteiger partial charge in [0.1, 0.15) is 28.7 Å². The molecule has 3 aromatic heterocycles. The Kier molecular flexibility index (Phi) is 14.9. The molecule has 0 aromatic carbocycles. The summed E-state index contributed by atoms with van der Waals surface area (Å²) in [5, 5.41) is 9.97. The molecule has 0 saturated carbocycles. The molecule has 2 amide bonds. The number of Topliss-reactive ketones (excluding diaryl/α,β-unsaturated/α-hetero) is 1. The summed E-state index contributed by atoms with van der Waals surface area (Å²) in [5.41, 5.74) is 8.14. The van der Waals surface area contributed by atoms with Gasteiger partial charge in [-0.25, -0.2) is 19.1 Å². The van der Waals surface area contributed by atoms with E-state index in [0.717, 1.165) is 55.6 Å². The van der Waals surface area contributed by atoms with Crippen LogP contribution in [0.25, 0.3) is 5.65 Å². The Labute approximate surface area is 317 Å². The number of aromatic amines is 2. The summed E-state index contributed by atoms with van der Waals surface area (Å²) < 4.78 is 17.1. The number of ether oxygens (including phenoxy) is 3. The number of rotatable bonds is 5. The average Bonchev–Trinajstić information content (AvgIpc) is 3.72. The predicted octanol–water partition coefficient (Wildman–Crippen LogP) is 6.33. The zero-order chi connectivity index (χ0) is 40.5. The van der Waals surface area contributed by atoms with Crippen LogP contribution in [-0.2, 0) is 23.8 Å². The number of piperidine rings is 2. The highest BCUT2D eigenvalue weighted by molar-refractivity contribution is 5.97. The van der Waals surface area contributed by atoms with E-state index in [1.165, 1.54) is 11.4 Å². The lowest BCUT2D eigenvalue weighted by atomic mass is 10.00. The number of ketones is 1. The van der Waals surface area contributed by atoms with E-state index < -0.39 is 23.1 Å². The van der Waals surface area contributed by atoms with E-state index in [9.17, 15) is 24.0 Å². The third-order valence-electron chi connectivity index (χ3n) is 8.95. The first-order valence-electron chi connectivity index (χ1n) is 18.7. The number of nitrogens with two attached hydrogens (primary N) is 1. The molecule has 2 saturated heterocycles. The first kappa shape index (κ1) is 43.5. The predicted molar refractivity (Wildman–Crippen MR) is 204 cm³/mol. The highest BCUT2D eigenvalue weighted by Gasteiger charge is 2.34. The second-order valence-corrected chi connectivity index (χ2v) is 15.7. The van der Waals surface area contributed by atoms with Crippen LogP contribution in [0.5, 0.6) is 0 Å². The molecule has 0 spiro atoms. The SMILES string of the molecule is CC(C)(C)OC(=O)N1CCCC[C@@H]1c1cc(N)n[nH]1.CCOC(=O)C(C)C(C)=O.Cc1nc2cc([C@H]3CCCCN3C(=O)OC(C)(C)C)[nH]n2c(=O)c1C. The summed E-state index contributed by atoms with van der Waals surface area (Å²) in [6.45, 7) is 21.1. The van der Waals surface area contributed by atoms with Crippen LogP contribution in [0.15, 0.2) is 16.9 Å². The van der Waals surface area contributed by atoms with Crippen LogP contribution in [0, 0.1) is 19.8 Å². The molecule has 0 bridgehead atoms. The van der Waals surface area contributed by atoms with Crippen molar-refractivity contribution < 1.29 is 33.4 Å². The van der Waals surface area contributed by atoms with Crippen molar-refractivity contribution in [2.24, 2.45) is 5.92 Å². The largest absolute Gasteiger partial charge is 0.465 e. The number of nitrogens with zero attached hydrogens (tertiary/aromatic N) is 5. The van der Waals surface area contributed by atoms with Crippen molar-refractivity contribution in [1.82, 2.24) is 34.6 Å².